The van der Waals surface area contributed by atoms with Gasteiger partial charge in [-0.2, -0.15) is 0 Å². The summed E-state index contributed by atoms with van der Waals surface area (Å²) in [5.41, 5.74) is 1.18. The van der Waals surface area contributed by atoms with E-state index in [9.17, 15) is 9.90 Å². The summed E-state index contributed by atoms with van der Waals surface area (Å²) in [6, 6.07) is 0. The van der Waals surface area contributed by atoms with Crippen molar-refractivity contribution in [1.29, 1.82) is 0 Å². The SMILES string of the molecule is CC(=O)[C@H](CC=C(C)C)[C@@H](C)O. The van der Waals surface area contributed by atoms with Crippen LogP contribution in [0, 0.1) is 5.92 Å². The fraction of sp³-hybridized carbons (Fsp3) is 0.700. The molecule has 2 nitrogen and oxygen atoms in total. The van der Waals surface area contributed by atoms with E-state index < -0.39 is 6.10 Å². The fourth-order valence-corrected chi connectivity index (χ4v) is 1.07. The van der Waals surface area contributed by atoms with Gasteiger partial charge in [0, 0.05) is 5.92 Å². The second-order valence-electron chi connectivity index (χ2n) is 3.47. The van der Waals surface area contributed by atoms with E-state index in [2.05, 4.69) is 0 Å². The Labute approximate surface area is 74.3 Å². The molecule has 0 aliphatic heterocycles. The summed E-state index contributed by atoms with van der Waals surface area (Å²) in [6.07, 6.45) is 2.09. The molecule has 0 heterocycles. The monoisotopic (exact) mass is 170 g/mol. The lowest BCUT2D eigenvalue weighted by Gasteiger charge is -2.14. The van der Waals surface area contributed by atoms with E-state index in [1.165, 1.54) is 12.5 Å². The maximum Gasteiger partial charge on any atom is 0.135 e. The molecule has 0 bridgehead atoms. The smallest absolute Gasteiger partial charge is 0.135 e. The first-order chi connectivity index (χ1) is 5.45. The highest BCUT2D eigenvalue weighted by atomic mass is 16.3. The van der Waals surface area contributed by atoms with Crippen molar-refractivity contribution in [2.75, 3.05) is 0 Å². The van der Waals surface area contributed by atoms with E-state index in [-0.39, 0.29) is 11.7 Å². The van der Waals surface area contributed by atoms with Gasteiger partial charge in [0.25, 0.3) is 0 Å². The van der Waals surface area contributed by atoms with Crippen LogP contribution in [0.5, 0.6) is 0 Å². The number of hydrogen-bond acceptors (Lipinski definition) is 2. The van der Waals surface area contributed by atoms with Gasteiger partial charge in [-0.05, 0) is 34.1 Å². The molecule has 0 saturated carbocycles. The first-order valence-electron chi connectivity index (χ1n) is 4.27. The van der Waals surface area contributed by atoms with E-state index in [1.54, 1.807) is 6.92 Å². The number of ketones is 1. The standard InChI is InChI=1S/C10H18O2/c1-7(2)5-6-10(8(3)11)9(4)12/h5,8,10-11H,6H2,1-4H3/t8-,10-/m1/s1. The predicted octanol–water partition coefficient (Wildman–Crippen LogP) is 1.93. The second-order valence-corrected chi connectivity index (χ2v) is 3.47. The van der Waals surface area contributed by atoms with Gasteiger partial charge in [0.15, 0.2) is 0 Å². The van der Waals surface area contributed by atoms with Crippen LogP contribution < -0.4 is 0 Å². The van der Waals surface area contributed by atoms with Gasteiger partial charge in [0.05, 0.1) is 6.10 Å². The highest BCUT2D eigenvalue weighted by Crippen LogP contribution is 2.12. The van der Waals surface area contributed by atoms with E-state index >= 15 is 0 Å². The van der Waals surface area contributed by atoms with Crippen LogP contribution in [0.1, 0.15) is 34.1 Å². The Morgan fingerprint density at radius 1 is 1.42 bits per heavy atom. The molecule has 0 aliphatic carbocycles. The molecule has 0 radical (unpaired) electrons. The van der Waals surface area contributed by atoms with Gasteiger partial charge in [-0.1, -0.05) is 11.6 Å². The molecule has 1 N–H and O–H groups in total. The Morgan fingerprint density at radius 3 is 2.17 bits per heavy atom. The lowest BCUT2D eigenvalue weighted by Crippen LogP contribution is -2.23. The van der Waals surface area contributed by atoms with Crippen LogP contribution >= 0.6 is 0 Å². The summed E-state index contributed by atoms with van der Waals surface area (Å²) in [5.74, 6) is -0.178. The number of Topliss-reactive ketones (excluding diaryl/α,β-unsaturated/α-hetero) is 1. The molecule has 0 saturated heterocycles. The van der Waals surface area contributed by atoms with Crippen molar-refractivity contribution >= 4 is 5.78 Å². The molecule has 0 aromatic heterocycles. The number of carbonyl (C=O) groups excluding carboxylic acids is 1. The molecule has 2 heteroatoms. The molecule has 2 atom stereocenters. The fourth-order valence-electron chi connectivity index (χ4n) is 1.07. The molecule has 0 aliphatic rings. The highest BCUT2D eigenvalue weighted by molar-refractivity contribution is 5.78. The highest BCUT2D eigenvalue weighted by Gasteiger charge is 2.17. The third-order valence-corrected chi connectivity index (χ3v) is 1.88. The predicted molar refractivity (Wildman–Crippen MR) is 49.9 cm³/mol. The minimum absolute atomic E-state index is 0.0579. The van der Waals surface area contributed by atoms with Gasteiger partial charge in [-0.3, -0.25) is 4.79 Å². The van der Waals surface area contributed by atoms with Crippen molar-refractivity contribution in [3.05, 3.63) is 11.6 Å². The average molecular weight is 170 g/mol. The number of aliphatic hydroxyl groups excluding tert-OH is 1. The van der Waals surface area contributed by atoms with Gasteiger partial charge in [0.1, 0.15) is 5.78 Å². The van der Waals surface area contributed by atoms with Crippen LogP contribution in [-0.2, 0) is 4.79 Å². The zero-order chi connectivity index (χ0) is 9.72. The Hall–Kier alpha value is -0.630. The molecular weight excluding hydrogens is 152 g/mol. The molecule has 70 valence electrons. The summed E-state index contributed by atoms with van der Waals surface area (Å²) < 4.78 is 0. The third-order valence-electron chi connectivity index (χ3n) is 1.88. The minimum Gasteiger partial charge on any atom is -0.393 e. The van der Waals surface area contributed by atoms with Gasteiger partial charge < -0.3 is 5.11 Å². The summed E-state index contributed by atoms with van der Waals surface area (Å²) >= 11 is 0. The lowest BCUT2D eigenvalue weighted by molar-refractivity contribution is -0.123. The summed E-state index contributed by atoms with van der Waals surface area (Å²) in [6.45, 7) is 7.15. The summed E-state index contributed by atoms with van der Waals surface area (Å²) in [5, 5.41) is 9.25. The normalized spacial score (nSPS) is 15.1. The molecule has 0 amide bonds. The van der Waals surface area contributed by atoms with Crippen molar-refractivity contribution in [2.45, 2.75) is 40.2 Å². The maximum atomic E-state index is 11.0. The van der Waals surface area contributed by atoms with Crippen molar-refractivity contribution in [1.82, 2.24) is 0 Å². The third kappa shape index (κ3) is 4.29. The molecule has 0 aromatic carbocycles. The van der Waals surface area contributed by atoms with Crippen molar-refractivity contribution in [3.8, 4) is 0 Å². The average Bonchev–Trinajstić information content (AvgIpc) is 1.84. The Kier molecular flexibility index (Phi) is 4.83. The lowest BCUT2D eigenvalue weighted by atomic mass is 9.95. The first kappa shape index (κ1) is 11.4. The number of aliphatic hydroxyl groups is 1. The van der Waals surface area contributed by atoms with E-state index in [0.717, 1.165) is 0 Å². The van der Waals surface area contributed by atoms with E-state index in [1.807, 2.05) is 19.9 Å². The van der Waals surface area contributed by atoms with Gasteiger partial charge >= 0.3 is 0 Å². The van der Waals surface area contributed by atoms with Gasteiger partial charge in [0.2, 0.25) is 0 Å². The van der Waals surface area contributed by atoms with E-state index in [0.29, 0.717) is 6.42 Å². The molecule has 0 aromatic rings. The number of rotatable bonds is 4. The first-order valence-corrected chi connectivity index (χ1v) is 4.27. The number of carbonyl (C=O) groups is 1. The summed E-state index contributed by atoms with van der Waals surface area (Å²) in [4.78, 5) is 11.0. The van der Waals surface area contributed by atoms with Crippen LogP contribution in [0.25, 0.3) is 0 Å². The Bertz CT molecular complexity index is 176. The topological polar surface area (TPSA) is 37.3 Å². The number of allylic oxidation sites excluding steroid dienone is 2. The van der Waals surface area contributed by atoms with E-state index in [4.69, 9.17) is 0 Å². The Balaban J connectivity index is 4.15. The van der Waals surface area contributed by atoms with Gasteiger partial charge in [-0.15, -0.1) is 0 Å². The van der Waals surface area contributed by atoms with Crippen LogP contribution in [-0.4, -0.2) is 17.0 Å². The molecule has 0 unspecified atom stereocenters. The van der Waals surface area contributed by atoms with Crippen molar-refractivity contribution in [2.24, 2.45) is 5.92 Å². The second kappa shape index (κ2) is 5.09. The number of hydrogen-bond donors (Lipinski definition) is 1. The van der Waals surface area contributed by atoms with Crippen molar-refractivity contribution in [3.63, 3.8) is 0 Å². The molecule has 0 fully saturated rings. The van der Waals surface area contributed by atoms with Crippen LogP contribution in [0.2, 0.25) is 0 Å². The van der Waals surface area contributed by atoms with Gasteiger partial charge in [-0.25, -0.2) is 0 Å². The zero-order valence-electron chi connectivity index (χ0n) is 8.29. The van der Waals surface area contributed by atoms with Crippen molar-refractivity contribution < 1.29 is 9.90 Å². The largest absolute Gasteiger partial charge is 0.393 e. The molecular formula is C10H18O2. The zero-order valence-corrected chi connectivity index (χ0v) is 8.29. The van der Waals surface area contributed by atoms with Crippen LogP contribution in [0.15, 0.2) is 11.6 Å². The molecule has 0 rings (SSSR count). The quantitative estimate of drug-likeness (QED) is 0.654. The van der Waals surface area contributed by atoms with Crippen LogP contribution in [0.3, 0.4) is 0 Å². The van der Waals surface area contributed by atoms with Crippen LogP contribution in [0.4, 0.5) is 0 Å². The Morgan fingerprint density at radius 2 is 1.92 bits per heavy atom. The minimum atomic E-state index is -0.543. The molecule has 12 heavy (non-hydrogen) atoms. The maximum absolute atomic E-state index is 11.0. The molecule has 0 spiro atoms. The summed E-state index contributed by atoms with van der Waals surface area (Å²) in [7, 11) is 0.